The molecule has 0 aliphatic carbocycles. The summed E-state index contributed by atoms with van der Waals surface area (Å²) in [5.41, 5.74) is 0. The van der Waals surface area contributed by atoms with Crippen molar-refractivity contribution in [1.29, 1.82) is 0 Å². The van der Waals surface area contributed by atoms with E-state index in [4.69, 9.17) is 4.74 Å². The zero-order valence-electron chi connectivity index (χ0n) is 16.1. The fourth-order valence-electron chi connectivity index (χ4n) is 2.33. The number of nitrogens with one attached hydrogen (secondary N) is 2. The van der Waals surface area contributed by atoms with E-state index in [9.17, 15) is 9.59 Å². The Hall–Kier alpha value is -0.910. The number of carbonyl (C=O) groups excluding carboxylic acids is 2. The Kier molecular flexibility index (Phi) is 13.7. The SMILES string of the molecule is CCOC(=O)N1CCC(NC(=NCC(=O)N(C)C)NCCSC)CC1.I. The van der Waals surface area contributed by atoms with Gasteiger partial charge in [-0.3, -0.25) is 4.79 Å². The van der Waals surface area contributed by atoms with Crippen LogP contribution >= 0.6 is 35.7 Å². The van der Waals surface area contributed by atoms with Crippen LogP contribution in [0.1, 0.15) is 19.8 Å². The minimum Gasteiger partial charge on any atom is -0.450 e. The van der Waals surface area contributed by atoms with E-state index in [2.05, 4.69) is 15.6 Å². The van der Waals surface area contributed by atoms with Crippen molar-refractivity contribution < 1.29 is 14.3 Å². The predicted octanol–water partition coefficient (Wildman–Crippen LogP) is 1.21. The number of nitrogens with zero attached hydrogens (tertiary/aromatic N) is 3. The van der Waals surface area contributed by atoms with Crippen LogP contribution in [-0.2, 0) is 9.53 Å². The second-order valence-electron chi connectivity index (χ2n) is 5.98. The number of piperidine rings is 1. The van der Waals surface area contributed by atoms with Gasteiger partial charge in [0.15, 0.2) is 5.96 Å². The molecule has 2 amide bonds. The van der Waals surface area contributed by atoms with Crippen LogP contribution in [0, 0.1) is 0 Å². The van der Waals surface area contributed by atoms with Gasteiger partial charge in [-0.15, -0.1) is 24.0 Å². The number of hydrogen-bond donors (Lipinski definition) is 2. The fourth-order valence-corrected chi connectivity index (χ4v) is 2.63. The molecule has 0 aromatic rings. The first-order valence-corrected chi connectivity index (χ1v) is 10.0. The Morgan fingerprint density at radius 1 is 1.31 bits per heavy atom. The molecule has 26 heavy (non-hydrogen) atoms. The Morgan fingerprint density at radius 2 is 1.96 bits per heavy atom. The van der Waals surface area contributed by atoms with Crippen molar-refractivity contribution in [3.63, 3.8) is 0 Å². The Bertz CT molecular complexity index is 457. The first-order chi connectivity index (χ1) is 12.0. The molecule has 0 bridgehead atoms. The molecule has 1 fully saturated rings. The molecule has 1 aliphatic heterocycles. The number of hydrogen-bond acceptors (Lipinski definition) is 5. The van der Waals surface area contributed by atoms with Gasteiger partial charge in [0.05, 0.1) is 6.61 Å². The van der Waals surface area contributed by atoms with E-state index in [0.717, 1.165) is 25.1 Å². The molecule has 0 spiro atoms. The summed E-state index contributed by atoms with van der Waals surface area (Å²) in [5, 5.41) is 6.64. The van der Waals surface area contributed by atoms with Crippen molar-refractivity contribution in [2.75, 3.05) is 58.9 Å². The number of aliphatic imine (C=N–C) groups is 1. The fraction of sp³-hybridized carbons (Fsp3) is 0.812. The minimum atomic E-state index is -0.246. The van der Waals surface area contributed by atoms with Gasteiger partial charge in [-0.2, -0.15) is 11.8 Å². The van der Waals surface area contributed by atoms with Crippen molar-refractivity contribution in [3.8, 4) is 0 Å². The van der Waals surface area contributed by atoms with Crippen LogP contribution in [0.2, 0.25) is 0 Å². The lowest BCUT2D eigenvalue weighted by Crippen LogP contribution is -2.50. The molecule has 152 valence electrons. The third kappa shape index (κ3) is 9.70. The number of likely N-dealkylation sites (tertiary alicyclic amines) is 1. The highest BCUT2D eigenvalue weighted by Gasteiger charge is 2.24. The maximum absolute atomic E-state index is 11.8. The molecule has 8 nitrogen and oxygen atoms in total. The molecule has 0 unspecified atom stereocenters. The van der Waals surface area contributed by atoms with Gasteiger partial charge in [-0.25, -0.2) is 9.79 Å². The summed E-state index contributed by atoms with van der Waals surface area (Å²) in [5.74, 6) is 1.57. The van der Waals surface area contributed by atoms with E-state index in [1.54, 1.807) is 30.8 Å². The summed E-state index contributed by atoms with van der Waals surface area (Å²) in [7, 11) is 3.44. The van der Waals surface area contributed by atoms with Crippen molar-refractivity contribution in [1.82, 2.24) is 20.4 Å². The molecule has 1 rings (SSSR count). The van der Waals surface area contributed by atoms with Gasteiger partial charge >= 0.3 is 6.09 Å². The van der Waals surface area contributed by atoms with Crippen LogP contribution in [-0.4, -0.2) is 92.7 Å². The first-order valence-electron chi connectivity index (χ1n) is 8.63. The van der Waals surface area contributed by atoms with Crippen molar-refractivity contribution in [2.45, 2.75) is 25.8 Å². The largest absolute Gasteiger partial charge is 0.450 e. The smallest absolute Gasteiger partial charge is 0.409 e. The van der Waals surface area contributed by atoms with Crippen LogP contribution in [0.5, 0.6) is 0 Å². The van der Waals surface area contributed by atoms with E-state index in [-0.39, 0.29) is 48.6 Å². The second-order valence-corrected chi connectivity index (χ2v) is 6.96. The number of amides is 2. The topological polar surface area (TPSA) is 86.3 Å². The maximum Gasteiger partial charge on any atom is 0.409 e. The molecule has 0 atom stereocenters. The van der Waals surface area contributed by atoms with Crippen molar-refractivity contribution in [3.05, 3.63) is 0 Å². The lowest BCUT2D eigenvalue weighted by molar-refractivity contribution is -0.127. The van der Waals surface area contributed by atoms with Gasteiger partial charge < -0.3 is 25.2 Å². The van der Waals surface area contributed by atoms with Crippen LogP contribution in [0.4, 0.5) is 4.79 Å². The Balaban J connectivity index is 0.00000625. The van der Waals surface area contributed by atoms with E-state index < -0.39 is 0 Å². The molecule has 0 aromatic heterocycles. The van der Waals surface area contributed by atoms with Gasteiger partial charge in [0, 0.05) is 45.5 Å². The summed E-state index contributed by atoms with van der Waals surface area (Å²) in [4.78, 5) is 31.1. The second kappa shape index (κ2) is 14.2. The van der Waals surface area contributed by atoms with E-state index >= 15 is 0 Å². The summed E-state index contributed by atoms with van der Waals surface area (Å²) in [6.07, 6.45) is 3.45. The summed E-state index contributed by atoms with van der Waals surface area (Å²) in [6, 6.07) is 0.223. The zero-order valence-corrected chi connectivity index (χ0v) is 19.3. The normalized spacial score (nSPS) is 15.1. The third-order valence-corrected chi connectivity index (χ3v) is 4.44. The Labute approximate surface area is 177 Å². The predicted molar refractivity (Wildman–Crippen MR) is 118 cm³/mol. The quantitative estimate of drug-likeness (QED) is 0.236. The molecule has 0 radical (unpaired) electrons. The molecule has 10 heteroatoms. The highest BCUT2D eigenvalue weighted by molar-refractivity contribution is 14.0. The zero-order chi connectivity index (χ0) is 18.7. The molecular weight excluding hydrogens is 469 g/mol. The molecule has 1 heterocycles. The number of rotatable bonds is 7. The highest BCUT2D eigenvalue weighted by Crippen LogP contribution is 2.11. The minimum absolute atomic E-state index is 0. The van der Waals surface area contributed by atoms with Crippen molar-refractivity contribution in [2.24, 2.45) is 4.99 Å². The van der Waals surface area contributed by atoms with Crippen LogP contribution in [0.15, 0.2) is 4.99 Å². The van der Waals surface area contributed by atoms with Gasteiger partial charge in [0.25, 0.3) is 0 Å². The standard InChI is InChI=1S/C16H31N5O3S.HI/c1-5-24-16(23)21-9-6-13(7-10-21)19-15(17-8-11-25-4)18-12-14(22)20(2)3;/h13H,5-12H2,1-4H3,(H2,17,18,19);1H. The number of carbonyl (C=O) groups is 2. The van der Waals surface area contributed by atoms with Gasteiger partial charge in [0.2, 0.25) is 5.91 Å². The van der Waals surface area contributed by atoms with E-state index in [1.165, 1.54) is 4.90 Å². The van der Waals surface area contributed by atoms with Crippen LogP contribution < -0.4 is 10.6 Å². The highest BCUT2D eigenvalue weighted by atomic mass is 127. The van der Waals surface area contributed by atoms with Crippen LogP contribution in [0.3, 0.4) is 0 Å². The van der Waals surface area contributed by atoms with Gasteiger partial charge in [0.1, 0.15) is 6.54 Å². The van der Waals surface area contributed by atoms with E-state index in [1.807, 2.05) is 13.2 Å². The number of halogens is 1. The summed E-state index contributed by atoms with van der Waals surface area (Å²) < 4.78 is 5.04. The Morgan fingerprint density at radius 3 is 2.50 bits per heavy atom. The van der Waals surface area contributed by atoms with E-state index in [0.29, 0.717) is 25.7 Å². The molecule has 1 saturated heterocycles. The molecular formula is C16H32IN5O3S. The van der Waals surface area contributed by atoms with Crippen molar-refractivity contribution >= 4 is 53.7 Å². The number of guanidine groups is 1. The average Bonchev–Trinajstić information content (AvgIpc) is 2.60. The third-order valence-electron chi connectivity index (χ3n) is 3.83. The molecule has 2 N–H and O–H groups in total. The summed E-state index contributed by atoms with van der Waals surface area (Å²) >= 11 is 1.75. The summed E-state index contributed by atoms with van der Waals surface area (Å²) in [6.45, 7) is 4.42. The molecule has 0 aromatic carbocycles. The maximum atomic E-state index is 11.8. The lowest BCUT2D eigenvalue weighted by Gasteiger charge is -2.32. The lowest BCUT2D eigenvalue weighted by atomic mass is 10.1. The first kappa shape index (κ1) is 25.1. The number of ether oxygens (including phenoxy) is 1. The van der Waals surface area contributed by atoms with Crippen LogP contribution in [0.25, 0.3) is 0 Å². The van der Waals surface area contributed by atoms with Gasteiger partial charge in [-0.05, 0) is 26.0 Å². The number of likely N-dealkylation sites (N-methyl/N-ethyl adjacent to an activating group) is 1. The van der Waals surface area contributed by atoms with Gasteiger partial charge in [-0.1, -0.05) is 0 Å². The number of thioether (sulfide) groups is 1. The average molecular weight is 501 g/mol. The molecule has 0 saturated carbocycles. The monoisotopic (exact) mass is 501 g/mol. The molecule has 1 aliphatic rings.